The predicted octanol–water partition coefficient (Wildman–Crippen LogP) is 7.55. The zero-order valence-electron chi connectivity index (χ0n) is 55.3. The van der Waals surface area contributed by atoms with Crippen LogP contribution in [0, 0.1) is 42.4 Å². The van der Waals surface area contributed by atoms with Gasteiger partial charge in [0.2, 0.25) is 10.9 Å². The fraction of sp³-hybridized carbons (Fsp3) is 0.535. The number of benzene rings is 3. The number of methoxy groups -OCH3 is 2. The van der Waals surface area contributed by atoms with E-state index in [0.29, 0.717) is 43.3 Å². The van der Waals surface area contributed by atoms with Gasteiger partial charge in [-0.25, -0.2) is 9.37 Å². The van der Waals surface area contributed by atoms with Crippen molar-refractivity contribution in [3.05, 3.63) is 115 Å². The van der Waals surface area contributed by atoms with Crippen molar-refractivity contribution in [2.24, 2.45) is 35.5 Å². The third kappa shape index (κ3) is 11.2. The fourth-order valence-corrected chi connectivity index (χ4v) is 15.8. The van der Waals surface area contributed by atoms with Crippen LogP contribution in [0.15, 0.2) is 97.4 Å². The highest BCUT2D eigenvalue weighted by Gasteiger charge is 2.57. The summed E-state index contributed by atoms with van der Waals surface area (Å²) in [7, 11) is 5.15. The summed E-state index contributed by atoms with van der Waals surface area (Å²) in [5.41, 5.74) is -1.41. The Kier molecular flexibility index (Phi) is 17.5. The molecule has 1 amide bonds. The number of esters is 1. The first-order valence-electron chi connectivity index (χ1n) is 32.7. The van der Waals surface area contributed by atoms with Crippen LogP contribution in [-0.2, 0) is 38.1 Å². The Balaban J connectivity index is 0.861. The van der Waals surface area contributed by atoms with Crippen molar-refractivity contribution >= 4 is 73.5 Å². The minimum absolute atomic E-state index is 0.0106. The number of halogens is 1. The van der Waals surface area contributed by atoms with Gasteiger partial charge in [-0.15, -0.1) is 0 Å². The Labute approximate surface area is 543 Å². The molecule has 0 spiro atoms. The smallest absolute Gasteiger partial charge is 0.307 e. The largest absolute Gasteiger partial charge is 0.507 e. The molecule has 5 N–H and O–H groups in total. The number of aliphatic hydroxyl groups is 3. The second-order valence-corrected chi connectivity index (χ2v) is 27.4. The quantitative estimate of drug-likeness (QED) is 0.0443. The summed E-state index contributed by atoms with van der Waals surface area (Å²) in [6.45, 7) is 16.3. The number of aromatic nitrogens is 1. The highest BCUT2D eigenvalue weighted by Crippen LogP contribution is 2.54. The predicted molar refractivity (Wildman–Crippen MR) is 349 cm³/mol. The Morgan fingerprint density at radius 3 is 2.23 bits per heavy atom. The Bertz CT molecular complexity index is 4200. The molecule has 12 rings (SSSR count). The van der Waals surface area contributed by atoms with Gasteiger partial charge in [0, 0.05) is 129 Å². The summed E-state index contributed by atoms with van der Waals surface area (Å²) in [6, 6.07) is 2.92. The molecule has 5 aliphatic heterocycles. The Morgan fingerprint density at radius 2 is 1.59 bits per heavy atom. The third-order valence-corrected chi connectivity index (χ3v) is 21.7. The monoisotopic (exact) mass is 1300 g/mol. The summed E-state index contributed by atoms with van der Waals surface area (Å²) in [6.07, 6.45) is 12.6. The number of amides is 1. The molecule has 1 aromatic heterocycles. The molecule has 3 aromatic carbocycles. The number of carbonyl (C=O) groups excluding carboxylic acids is 4. The number of piperidine rings is 1. The van der Waals surface area contributed by atoms with Crippen molar-refractivity contribution in [3.8, 4) is 11.5 Å². The minimum atomic E-state index is -2.03. The molecular formula is C71H85FN6O16. The van der Waals surface area contributed by atoms with Crippen LogP contribution < -0.4 is 31.0 Å². The number of phenolic OH excluding ortho intramolecular Hbond substituents is 1. The van der Waals surface area contributed by atoms with Gasteiger partial charge in [-0.3, -0.25) is 33.7 Å². The second kappa shape index (κ2) is 24.9. The summed E-state index contributed by atoms with van der Waals surface area (Å²) in [5, 5.41) is 49.9. The van der Waals surface area contributed by atoms with E-state index in [0.717, 1.165) is 44.9 Å². The van der Waals surface area contributed by atoms with E-state index in [1.54, 1.807) is 52.1 Å². The summed E-state index contributed by atoms with van der Waals surface area (Å²) in [4.78, 5) is 96.6. The standard InChI is InChI=1S/C71H85FN6O16/c1-33-14-13-15-34(2)69(88)74-56-63(86)52-51(53-65(38(6)61(52)84)94-70(9,68(53)87)91-27-21-49(89-11)35(3)64(92-40(8)80)37(5)60(83)36(4)59(33)82)55-66(56)93-50-29-44(28-48(81)54(50)73-55)76-25-19-42(20-26-76)75(10)71(22-23-71)41-18-24-77(31-41)58-47(72)30-45-57(67(58)90-12)78(43-16-17-43)32-46(39(7)79)62(45)85/h13-15,21,27-30,32-33,35-37,41-43,45,49,57,59-60,64,82-84,87H,16-20,22-26,31H2,1-12H3,(H,74,88)/b14-13+,27-21+,34-15-/t33-,35+,36+,37+,41+,45?,49-,57?,59-,60+,64+,70-/m0/s1. The van der Waals surface area contributed by atoms with Gasteiger partial charge in [0.15, 0.2) is 34.0 Å². The van der Waals surface area contributed by atoms with Gasteiger partial charge in [-0.05, 0) is 90.8 Å². The molecule has 12 atom stereocenters. The van der Waals surface area contributed by atoms with E-state index in [1.165, 1.54) is 79.4 Å². The molecule has 5 bridgehead atoms. The summed E-state index contributed by atoms with van der Waals surface area (Å²) >= 11 is 0. The molecule has 94 heavy (non-hydrogen) atoms. The maximum Gasteiger partial charge on any atom is 0.307 e. The fourth-order valence-electron chi connectivity index (χ4n) is 15.8. The van der Waals surface area contributed by atoms with Gasteiger partial charge in [0.1, 0.15) is 52.1 Å². The molecule has 23 heteroatoms. The maximum absolute atomic E-state index is 16.6. The average molecular weight is 1300 g/mol. The van der Waals surface area contributed by atoms with Gasteiger partial charge >= 0.3 is 11.8 Å². The lowest BCUT2D eigenvalue weighted by Crippen LogP contribution is -2.52. The number of carbonyl (C=O) groups is 4. The number of nitrogens with zero attached hydrogens (tertiary/aromatic N) is 5. The number of Topliss-reactive ketones (excluding diaryl/α,β-unsaturated/α-hetero) is 2. The van der Waals surface area contributed by atoms with E-state index >= 15 is 9.18 Å². The number of nitrogens with one attached hydrogen (secondary N) is 1. The number of rotatable bonds is 10. The molecule has 4 aromatic rings. The first-order valence-corrected chi connectivity index (χ1v) is 32.7. The number of phenols is 1. The first-order chi connectivity index (χ1) is 44.6. The molecule has 22 nitrogen and oxygen atoms in total. The Morgan fingerprint density at radius 1 is 0.883 bits per heavy atom. The summed E-state index contributed by atoms with van der Waals surface area (Å²) < 4.78 is 53.5. The minimum Gasteiger partial charge on any atom is -0.507 e. The SMILES string of the molecule is COC1=C(N2CC[C@@H](C3(N(C)C4CCN(c5cc(=O)c6nc7c(oc6c5)c5c(=O)c6c(O)c(C)c8c(c67)=C(O)[C@@](C)(O/C=C/[C@H](OC)[C@@H](C)[C@@H](OC(C)=O)[C@H](C)[C@H](O)[C@H](C)[C@@H](O)[C@@H](C)/C=C/C=C(/C)C(=O)N5)O8)CC4)CC3)C2)C(F)=CC2C(=O)C(C(C)=O)=CN(C3CC3)C12. The molecule has 3 aliphatic carbocycles. The van der Waals surface area contributed by atoms with Crippen LogP contribution in [-0.4, -0.2) is 165 Å². The molecule has 4 fully saturated rings. The number of hydrogen-bond donors (Lipinski definition) is 5. The number of aliphatic hydroxyl groups excluding tert-OH is 3. The van der Waals surface area contributed by atoms with E-state index in [1.807, 2.05) is 4.90 Å². The number of fused-ring (bicyclic) bond motifs is 6. The van der Waals surface area contributed by atoms with Gasteiger partial charge in [0.05, 0.1) is 53.8 Å². The molecule has 502 valence electrons. The van der Waals surface area contributed by atoms with Crippen molar-refractivity contribution in [1.82, 2.24) is 19.7 Å². The van der Waals surface area contributed by atoms with Gasteiger partial charge in [0.25, 0.3) is 5.91 Å². The molecule has 2 unspecified atom stereocenters. The normalized spacial score (nSPS) is 31.4. The van der Waals surface area contributed by atoms with Crippen molar-refractivity contribution in [2.75, 3.05) is 57.7 Å². The number of allylic oxidation sites excluding steroid dienone is 4. The number of aromatic hydroxyl groups is 1. The van der Waals surface area contributed by atoms with Gasteiger partial charge in [-0.1, -0.05) is 45.9 Å². The molecule has 6 heterocycles. The zero-order valence-corrected chi connectivity index (χ0v) is 55.3. The first kappa shape index (κ1) is 65.9. The highest BCUT2D eigenvalue weighted by molar-refractivity contribution is 6.21. The van der Waals surface area contributed by atoms with Crippen molar-refractivity contribution in [1.29, 1.82) is 0 Å². The van der Waals surface area contributed by atoms with E-state index in [2.05, 4.69) is 27.1 Å². The van der Waals surface area contributed by atoms with Crippen LogP contribution in [0.1, 0.15) is 106 Å². The summed E-state index contributed by atoms with van der Waals surface area (Å²) in [5.74, 6) is -8.72. The number of anilines is 2. The maximum atomic E-state index is 16.6. The third-order valence-electron chi connectivity index (χ3n) is 21.7. The topological polar surface area (TPSA) is 281 Å². The van der Waals surface area contributed by atoms with Crippen molar-refractivity contribution in [2.45, 2.75) is 161 Å². The van der Waals surface area contributed by atoms with E-state index < -0.39 is 112 Å². The van der Waals surface area contributed by atoms with Gasteiger partial charge in [-0.2, -0.15) is 0 Å². The van der Waals surface area contributed by atoms with E-state index in [9.17, 15) is 44.4 Å². The Hall–Kier alpha value is -8.12. The van der Waals surface area contributed by atoms with Crippen LogP contribution in [0.2, 0.25) is 0 Å². The molecule has 0 radical (unpaired) electrons. The molecular weight excluding hydrogens is 1210 g/mol. The van der Waals surface area contributed by atoms with Crippen molar-refractivity contribution < 1.29 is 72.1 Å². The highest BCUT2D eigenvalue weighted by atomic mass is 19.1. The molecule has 2 saturated carbocycles. The van der Waals surface area contributed by atoms with Crippen LogP contribution in [0.25, 0.3) is 38.7 Å². The van der Waals surface area contributed by atoms with Crippen LogP contribution in [0.4, 0.5) is 15.8 Å². The van der Waals surface area contributed by atoms with E-state index in [-0.39, 0.29) is 95.8 Å². The number of hydrogen-bond acceptors (Lipinski definition) is 21. The molecule has 2 saturated heterocycles. The lowest BCUT2D eigenvalue weighted by Gasteiger charge is -2.44. The second-order valence-electron chi connectivity index (χ2n) is 27.4. The number of likely N-dealkylation sites (tertiary alicyclic amines) is 1. The molecule has 8 aliphatic rings. The lowest BCUT2D eigenvalue weighted by molar-refractivity contribution is -0.160. The zero-order chi connectivity index (χ0) is 67.5. The van der Waals surface area contributed by atoms with Gasteiger partial charge < -0.3 is 68.5 Å². The lowest BCUT2D eigenvalue weighted by atomic mass is 9.78. The number of ketones is 2. The van der Waals surface area contributed by atoms with Crippen LogP contribution in [0.5, 0.6) is 11.5 Å². The van der Waals surface area contributed by atoms with Crippen LogP contribution in [0.3, 0.4) is 0 Å². The van der Waals surface area contributed by atoms with Crippen LogP contribution >= 0.6 is 0 Å². The van der Waals surface area contributed by atoms with Crippen molar-refractivity contribution in [3.63, 3.8) is 0 Å². The average Bonchev–Trinajstić information content (AvgIpc) is 1.44. The van der Waals surface area contributed by atoms with E-state index in [4.69, 9.17) is 33.1 Å². The number of ether oxygens (including phenoxy) is 5.